The highest BCUT2D eigenvalue weighted by atomic mass is 32.2. The van der Waals surface area contributed by atoms with E-state index >= 15 is 0 Å². The number of hydrogen-bond donors (Lipinski definition) is 1. The van der Waals surface area contributed by atoms with Crippen LogP contribution in [0.25, 0.3) is 0 Å². The lowest BCUT2D eigenvalue weighted by Crippen LogP contribution is -2.40. The van der Waals surface area contributed by atoms with Gasteiger partial charge in [-0.05, 0) is 38.9 Å². The van der Waals surface area contributed by atoms with Gasteiger partial charge in [0.2, 0.25) is 5.91 Å². The van der Waals surface area contributed by atoms with Crippen LogP contribution in [-0.4, -0.2) is 32.7 Å². The van der Waals surface area contributed by atoms with Gasteiger partial charge in [0, 0.05) is 22.5 Å². The average Bonchev–Trinajstić information content (AvgIpc) is 2.76. The minimum absolute atomic E-state index is 0.0998. The molecule has 0 radical (unpaired) electrons. The summed E-state index contributed by atoms with van der Waals surface area (Å²) in [4.78, 5) is 12.3. The van der Waals surface area contributed by atoms with Crippen molar-refractivity contribution in [2.45, 2.75) is 70.7 Å². The molecule has 1 N–H and O–H groups in total. The first-order chi connectivity index (χ1) is 10.9. The standard InChI is InChI=1S/C16H25F2N3OS/c1-4-23-13-7-5-6-12(8-13)19-15(22)9-14-10(2)20-21(11(14)3)16(17)18/h12-13,16H,4-9H2,1-3H3,(H,19,22)/t12-,13-/m1/s1. The fourth-order valence-corrected chi connectivity index (χ4v) is 4.42. The van der Waals surface area contributed by atoms with Crippen molar-refractivity contribution >= 4 is 17.7 Å². The molecule has 1 heterocycles. The summed E-state index contributed by atoms with van der Waals surface area (Å²) in [7, 11) is 0. The Morgan fingerprint density at radius 2 is 2.17 bits per heavy atom. The molecule has 23 heavy (non-hydrogen) atoms. The largest absolute Gasteiger partial charge is 0.353 e. The van der Waals surface area contributed by atoms with Gasteiger partial charge in [0.1, 0.15) is 0 Å². The number of nitrogens with zero attached hydrogens (tertiary/aromatic N) is 2. The SMILES string of the molecule is CCS[C@@H]1CCC[C@@H](NC(=O)Cc2c(C)nn(C(F)F)c2C)C1. The van der Waals surface area contributed by atoms with Gasteiger partial charge in [0.15, 0.2) is 0 Å². The number of hydrogen-bond acceptors (Lipinski definition) is 3. The average molecular weight is 345 g/mol. The van der Waals surface area contributed by atoms with Crippen molar-refractivity contribution in [2.24, 2.45) is 0 Å². The van der Waals surface area contributed by atoms with E-state index in [9.17, 15) is 13.6 Å². The Balaban J connectivity index is 1.95. The lowest BCUT2D eigenvalue weighted by atomic mass is 9.94. The van der Waals surface area contributed by atoms with E-state index in [1.165, 1.54) is 6.42 Å². The number of nitrogens with one attached hydrogen (secondary N) is 1. The molecular formula is C16H25F2N3OS. The molecule has 7 heteroatoms. The number of alkyl halides is 2. The summed E-state index contributed by atoms with van der Waals surface area (Å²) in [6.07, 6.45) is 4.46. The van der Waals surface area contributed by atoms with Crippen LogP contribution in [0.1, 0.15) is 56.1 Å². The summed E-state index contributed by atoms with van der Waals surface area (Å²) < 4.78 is 26.4. The Hall–Kier alpha value is -1.11. The highest BCUT2D eigenvalue weighted by Crippen LogP contribution is 2.28. The second kappa shape index (κ2) is 8.13. The van der Waals surface area contributed by atoms with Gasteiger partial charge in [0.05, 0.1) is 12.1 Å². The molecule has 0 aliphatic heterocycles. The molecule has 4 nitrogen and oxygen atoms in total. The lowest BCUT2D eigenvalue weighted by molar-refractivity contribution is -0.121. The minimum atomic E-state index is -2.67. The molecule has 1 fully saturated rings. The lowest BCUT2D eigenvalue weighted by Gasteiger charge is -2.29. The third kappa shape index (κ3) is 4.68. The van der Waals surface area contributed by atoms with Crippen molar-refractivity contribution in [1.82, 2.24) is 15.1 Å². The Morgan fingerprint density at radius 3 is 2.78 bits per heavy atom. The molecule has 1 aromatic rings. The molecule has 0 saturated heterocycles. The van der Waals surface area contributed by atoms with Crippen LogP contribution in [0, 0.1) is 13.8 Å². The molecule has 1 amide bonds. The number of rotatable bonds is 6. The Labute approximate surface area is 140 Å². The molecule has 0 aromatic carbocycles. The monoisotopic (exact) mass is 345 g/mol. The molecule has 0 spiro atoms. The van der Waals surface area contributed by atoms with Gasteiger partial charge in [-0.1, -0.05) is 13.3 Å². The first kappa shape index (κ1) is 18.2. The van der Waals surface area contributed by atoms with Crippen LogP contribution in [0.15, 0.2) is 0 Å². The summed E-state index contributed by atoms with van der Waals surface area (Å²) in [5.41, 5.74) is 1.48. The van der Waals surface area contributed by atoms with E-state index < -0.39 is 6.55 Å². The maximum atomic E-state index is 12.8. The van der Waals surface area contributed by atoms with Crippen molar-refractivity contribution < 1.29 is 13.6 Å². The molecule has 0 bridgehead atoms. The smallest absolute Gasteiger partial charge is 0.333 e. The fourth-order valence-electron chi connectivity index (χ4n) is 3.25. The highest BCUT2D eigenvalue weighted by Gasteiger charge is 2.24. The van der Waals surface area contributed by atoms with Gasteiger partial charge < -0.3 is 5.32 Å². The summed E-state index contributed by atoms with van der Waals surface area (Å²) in [5.74, 6) is 0.994. The van der Waals surface area contributed by atoms with Crippen molar-refractivity contribution in [1.29, 1.82) is 0 Å². The predicted octanol–water partition coefficient (Wildman–Crippen LogP) is 3.62. The van der Waals surface area contributed by atoms with Crippen molar-refractivity contribution in [3.05, 3.63) is 17.0 Å². The highest BCUT2D eigenvalue weighted by molar-refractivity contribution is 7.99. The molecular weight excluding hydrogens is 320 g/mol. The van der Waals surface area contributed by atoms with Crippen LogP contribution in [0.5, 0.6) is 0 Å². The van der Waals surface area contributed by atoms with E-state index in [-0.39, 0.29) is 18.4 Å². The number of aromatic nitrogens is 2. The molecule has 1 aromatic heterocycles. The Kier molecular flexibility index (Phi) is 6.44. The van der Waals surface area contributed by atoms with E-state index in [0.29, 0.717) is 26.9 Å². The van der Waals surface area contributed by atoms with Crippen LogP contribution in [0.2, 0.25) is 0 Å². The molecule has 1 saturated carbocycles. The van der Waals surface area contributed by atoms with Gasteiger partial charge in [-0.15, -0.1) is 0 Å². The second-order valence-corrected chi connectivity index (χ2v) is 7.63. The third-order valence-corrected chi connectivity index (χ3v) is 5.62. The molecule has 1 aliphatic carbocycles. The van der Waals surface area contributed by atoms with Crippen LogP contribution in [-0.2, 0) is 11.2 Å². The van der Waals surface area contributed by atoms with Crippen LogP contribution < -0.4 is 5.32 Å². The van der Waals surface area contributed by atoms with E-state index in [0.717, 1.165) is 25.0 Å². The van der Waals surface area contributed by atoms with Gasteiger partial charge in [-0.25, -0.2) is 4.68 Å². The van der Waals surface area contributed by atoms with E-state index in [1.807, 2.05) is 11.8 Å². The maximum Gasteiger partial charge on any atom is 0.333 e. The molecule has 2 atom stereocenters. The predicted molar refractivity (Wildman–Crippen MR) is 89.0 cm³/mol. The van der Waals surface area contributed by atoms with Crippen LogP contribution in [0.3, 0.4) is 0 Å². The summed E-state index contributed by atoms with van der Waals surface area (Å²) in [6, 6.07) is 0.200. The van der Waals surface area contributed by atoms with E-state index in [2.05, 4.69) is 17.3 Å². The topological polar surface area (TPSA) is 46.9 Å². The van der Waals surface area contributed by atoms with Crippen LogP contribution in [0.4, 0.5) is 8.78 Å². The quantitative estimate of drug-likeness (QED) is 0.857. The number of carbonyl (C=O) groups is 1. The summed E-state index contributed by atoms with van der Waals surface area (Å²) in [5, 5.41) is 7.52. The number of halogens is 2. The maximum absolute atomic E-state index is 12.8. The molecule has 1 aliphatic rings. The Bertz CT molecular complexity index is 546. The van der Waals surface area contributed by atoms with E-state index in [1.54, 1.807) is 13.8 Å². The third-order valence-electron chi connectivity index (χ3n) is 4.39. The molecule has 0 unspecified atom stereocenters. The fraction of sp³-hybridized carbons (Fsp3) is 0.750. The van der Waals surface area contributed by atoms with Crippen molar-refractivity contribution in [2.75, 3.05) is 5.75 Å². The minimum Gasteiger partial charge on any atom is -0.353 e. The summed E-state index contributed by atoms with van der Waals surface area (Å²) in [6.45, 7) is 2.74. The first-order valence-corrected chi connectivity index (χ1v) is 9.20. The number of carbonyl (C=O) groups excluding carboxylic acids is 1. The van der Waals surface area contributed by atoms with Gasteiger partial charge in [-0.3, -0.25) is 4.79 Å². The molecule has 2 rings (SSSR count). The molecule has 130 valence electrons. The van der Waals surface area contributed by atoms with E-state index in [4.69, 9.17) is 0 Å². The van der Waals surface area contributed by atoms with Gasteiger partial charge >= 0.3 is 6.55 Å². The number of aryl methyl sites for hydroxylation is 1. The zero-order valence-corrected chi connectivity index (χ0v) is 14.8. The van der Waals surface area contributed by atoms with Crippen LogP contribution >= 0.6 is 11.8 Å². The zero-order valence-electron chi connectivity index (χ0n) is 13.9. The normalized spacial score (nSPS) is 21.7. The van der Waals surface area contributed by atoms with Crippen molar-refractivity contribution in [3.63, 3.8) is 0 Å². The summed E-state index contributed by atoms with van der Waals surface area (Å²) >= 11 is 1.95. The zero-order chi connectivity index (χ0) is 17.0. The number of thioether (sulfide) groups is 1. The van der Waals surface area contributed by atoms with Crippen molar-refractivity contribution in [3.8, 4) is 0 Å². The van der Waals surface area contributed by atoms with Gasteiger partial charge in [-0.2, -0.15) is 25.6 Å². The second-order valence-electron chi connectivity index (χ2n) is 6.06. The number of amides is 1. The first-order valence-electron chi connectivity index (χ1n) is 8.16. The Morgan fingerprint density at radius 1 is 1.43 bits per heavy atom. The van der Waals surface area contributed by atoms with Gasteiger partial charge in [0.25, 0.3) is 0 Å².